The summed E-state index contributed by atoms with van der Waals surface area (Å²) in [6.07, 6.45) is 6.56. The van der Waals surface area contributed by atoms with E-state index >= 15 is 0 Å². The Hall–Kier alpha value is -2.87. The molecule has 3 saturated heterocycles. The van der Waals surface area contributed by atoms with E-state index in [2.05, 4.69) is 77.6 Å². The largest absolute Gasteiger partial charge is 0.369 e. The summed E-state index contributed by atoms with van der Waals surface area (Å²) < 4.78 is 0. The Morgan fingerprint density at radius 2 is 1.39 bits per heavy atom. The van der Waals surface area contributed by atoms with E-state index < -0.39 is 0 Å². The summed E-state index contributed by atoms with van der Waals surface area (Å²) in [7, 11) is 0. The Kier molecular flexibility index (Phi) is 8.54. The van der Waals surface area contributed by atoms with Gasteiger partial charge in [-0.25, -0.2) is 0 Å². The monoisotopic (exact) mass is 491 g/mol. The summed E-state index contributed by atoms with van der Waals surface area (Å²) in [4.78, 5) is 22.3. The number of nitrogens with zero attached hydrogens (tertiary/aromatic N) is 6. The van der Waals surface area contributed by atoms with Gasteiger partial charge in [0.2, 0.25) is 5.91 Å². The van der Waals surface area contributed by atoms with Gasteiger partial charge in [-0.05, 0) is 69.3 Å². The minimum absolute atomic E-state index is 0.108. The number of nitrogens with one attached hydrogen (secondary N) is 1. The Morgan fingerprint density at radius 3 is 2.03 bits per heavy atom. The summed E-state index contributed by atoms with van der Waals surface area (Å²) in [5.74, 6) is 2.25. The number of benzene rings is 1. The van der Waals surface area contributed by atoms with Crippen LogP contribution in [0.5, 0.6) is 0 Å². The molecule has 194 valence electrons. The predicted molar refractivity (Wildman–Crippen MR) is 146 cm³/mol. The van der Waals surface area contributed by atoms with Crippen LogP contribution in [0.2, 0.25) is 0 Å². The molecule has 4 heterocycles. The van der Waals surface area contributed by atoms with E-state index in [1.165, 1.54) is 24.9 Å². The third kappa shape index (κ3) is 6.46. The van der Waals surface area contributed by atoms with Gasteiger partial charge < -0.3 is 20.0 Å². The molecule has 0 bridgehead atoms. The first kappa shape index (κ1) is 24.8. The number of aromatic nitrogens is 2. The Labute approximate surface area is 215 Å². The molecular weight excluding hydrogens is 450 g/mol. The first-order valence-electron chi connectivity index (χ1n) is 13.9. The molecule has 3 fully saturated rings. The molecule has 0 aliphatic carbocycles. The highest BCUT2D eigenvalue weighted by molar-refractivity contribution is 5.78. The summed E-state index contributed by atoms with van der Waals surface area (Å²) in [5, 5.41) is 12.2. The molecule has 0 saturated carbocycles. The van der Waals surface area contributed by atoms with Crippen molar-refractivity contribution in [2.24, 2.45) is 5.92 Å². The van der Waals surface area contributed by atoms with E-state index in [1.807, 2.05) is 0 Å². The van der Waals surface area contributed by atoms with Crippen LogP contribution < -0.4 is 20.0 Å². The van der Waals surface area contributed by atoms with E-state index in [-0.39, 0.29) is 11.8 Å². The first-order chi connectivity index (χ1) is 17.8. The lowest BCUT2D eigenvalue weighted by Gasteiger charge is -2.36. The maximum absolute atomic E-state index is 12.7. The molecule has 3 aliphatic rings. The van der Waals surface area contributed by atoms with Crippen LogP contribution in [0.1, 0.15) is 38.5 Å². The molecule has 0 spiro atoms. The smallest absolute Gasteiger partial charge is 0.223 e. The van der Waals surface area contributed by atoms with E-state index in [9.17, 15) is 4.79 Å². The van der Waals surface area contributed by atoms with Crippen LogP contribution in [-0.2, 0) is 4.79 Å². The molecule has 1 aromatic carbocycles. The Bertz CT molecular complexity index is 932. The molecule has 0 radical (unpaired) electrons. The fourth-order valence-corrected chi connectivity index (χ4v) is 5.68. The number of piperazine rings is 1. The number of piperidine rings is 2. The van der Waals surface area contributed by atoms with Gasteiger partial charge in [-0.2, -0.15) is 0 Å². The second kappa shape index (κ2) is 12.4. The summed E-state index contributed by atoms with van der Waals surface area (Å²) >= 11 is 0. The van der Waals surface area contributed by atoms with Gasteiger partial charge in [-0.15, -0.1) is 10.2 Å². The van der Waals surface area contributed by atoms with Gasteiger partial charge in [0, 0.05) is 70.5 Å². The Morgan fingerprint density at radius 1 is 0.750 bits per heavy atom. The zero-order valence-electron chi connectivity index (χ0n) is 21.5. The van der Waals surface area contributed by atoms with E-state index in [0.717, 1.165) is 96.3 Å². The summed E-state index contributed by atoms with van der Waals surface area (Å²) in [6.45, 7) is 10.0. The lowest BCUT2D eigenvalue weighted by molar-refractivity contribution is -0.125. The molecule has 5 rings (SSSR count). The van der Waals surface area contributed by atoms with Gasteiger partial charge in [-0.1, -0.05) is 18.2 Å². The van der Waals surface area contributed by atoms with Gasteiger partial charge in [-0.3, -0.25) is 9.69 Å². The molecule has 0 atom stereocenters. The van der Waals surface area contributed by atoms with E-state index in [1.54, 1.807) is 0 Å². The zero-order chi connectivity index (χ0) is 24.6. The van der Waals surface area contributed by atoms with Crippen LogP contribution in [0.4, 0.5) is 17.3 Å². The summed E-state index contributed by atoms with van der Waals surface area (Å²) in [6, 6.07) is 14.9. The number of amides is 1. The minimum atomic E-state index is 0.108. The number of hydrogen-bond acceptors (Lipinski definition) is 7. The fraction of sp³-hybridized carbons (Fsp3) is 0.607. The summed E-state index contributed by atoms with van der Waals surface area (Å²) in [5.41, 5.74) is 1.32. The number of carbonyl (C=O) groups is 1. The van der Waals surface area contributed by atoms with Crippen molar-refractivity contribution in [3.8, 4) is 0 Å². The standard InChI is InChI=1S/C28H41N7O/c36-28(29-14-7-15-32-20-22-33(23-21-32)25-8-3-1-4-9-25)24-12-18-35(19-13-24)27-11-10-26(30-31-27)34-16-5-2-6-17-34/h1,3-4,8-11,24H,2,5-7,12-23H2,(H,29,36). The quantitative estimate of drug-likeness (QED) is 0.570. The molecule has 8 heteroatoms. The minimum Gasteiger partial charge on any atom is -0.369 e. The molecule has 36 heavy (non-hydrogen) atoms. The number of anilines is 3. The van der Waals surface area contributed by atoms with Crippen LogP contribution in [0.15, 0.2) is 42.5 Å². The van der Waals surface area contributed by atoms with Crippen molar-refractivity contribution in [2.75, 3.05) is 80.1 Å². The second-order valence-electron chi connectivity index (χ2n) is 10.4. The van der Waals surface area contributed by atoms with E-state index in [0.29, 0.717) is 0 Å². The number of para-hydroxylation sites is 1. The molecule has 1 amide bonds. The van der Waals surface area contributed by atoms with Crippen molar-refractivity contribution in [1.29, 1.82) is 0 Å². The average molecular weight is 492 g/mol. The molecule has 0 unspecified atom stereocenters. The van der Waals surface area contributed by atoms with Crippen molar-refractivity contribution in [3.05, 3.63) is 42.5 Å². The normalized spacial score (nSPS) is 19.9. The Balaban J connectivity index is 0.967. The maximum Gasteiger partial charge on any atom is 0.223 e. The molecular formula is C28H41N7O. The zero-order valence-corrected chi connectivity index (χ0v) is 21.5. The highest BCUT2D eigenvalue weighted by Crippen LogP contribution is 2.24. The average Bonchev–Trinajstić information content (AvgIpc) is 2.97. The van der Waals surface area contributed by atoms with Gasteiger partial charge in [0.05, 0.1) is 0 Å². The van der Waals surface area contributed by atoms with Gasteiger partial charge >= 0.3 is 0 Å². The topological polar surface area (TPSA) is 67.8 Å². The molecule has 1 N–H and O–H groups in total. The van der Waals surface area contributed by atoms with Crippen LogP contribution in [0.3, 0.4) is 0 Å². The molecule has 8 nitrogen and oxygen atoms in total. The van der Waals surface area contributed by atoms with Gasteiger partial charge in [0.25, 0.3) is 0 Å². The van der Waals surface area contributed by atoms with E-state index in [4.69, 9.17) is 0 Å². The SMILES string of the molecule is O=C(NCCCN1CCN(c2ccccc2)CC1)C1CCN(c2ccc(N3CCCCC3)nn2)CC1. The van der Waals surface area contributed by atoms with Crippen LogP contribution >= 0.6 is 0 Å². The van der Waals surface area contributed by atoms with Crippen molar-refractivity contribution in [3.63, 3.8) is 0 Å². The molecule has 3 aliphatic heterocycles. The van der Waals surface area contributed by atoms with Crippen molar-refractivity contribution < 1.29 is 4.79 Å². The first-order valence-corrected chi connectivity index (χ1v) is 13.9. The van der Waals surface area contributed by atoms with Crippen molar-refractivity contribution in [2.45, 2.75) is 38.5 Å². The maximum atomic E-state index is 12.7. The highest BCUT2D eigenvalue weighted by atomic mass is 16.1. The van der Waals surface area contributed by atoms with Crippen LogP contribution in [-0.4, -0.2) is 86.5 Å². The number of carbonyl (C=O) groups excluding carboxylic acids is 1. The second-order valence-corrected chi connectivity index (χ2v) is 10.4. The fourth-order valence-electron chi connectivity index (χ4n) is 5.68. The number of rotatable bonds is 8. The van der Waals surface area contributed by atoms with Gasteiger partial charge in [0.1, 0.15) is 0 Å². The van der Waals surface area contributed by atoms with Crippen LogP contribution in [0, 0.1) is 5.92 Å². The molecule has 2 aromatic rings. The number of hydrogen-bond donors (Lipinski definition) is 1. The third-order valence-electron chi connectivity index (χ3n) is 7.95. The van der Waals surface area contributed by atoms with Gasteiger partial charge in [0.15, 0.2) is 11.6 Å². The highest BCUT2D eigenvalue weighted by Gasteiger charge is 2.26. The lowest BCUT2D eigenvalue weighted by atomic mass is 9.96. The van der Waals surface area contributed by atoms with Crippen LogP contribution in [0.25, 0.3) is 0 Å². The third-order valence-corrected chi connectivity index (χ3v) is 7.95. The lowest BCUT2D eigenvalue weighted by Crippen LogP contribution is -2.47. The van der Waals surface area contributed by atoms with Crippen molar-refractivity contribution in [1.82, 2.24) is 20.4 Å². The predicted octanol–water partition coefficient (Wildman–Crippen LogP) is 3.01. The van der Waals surface area contributed by atoms with Crippen molar-refractivity contribution >= 4 is 23.2 Å². The molecule has 1 aromatic heterocycles.